The van der Waals surface area contributed by atoms with Crippen molar-refractivity contribution in [3.8, 4) is 0 Å². The molecule has 25 heavy (non-hydrogen) atoms. The van der Waals surface area contributed by atoms with Crippen LogP contribution in [0.25, 0.3) is 0 Å². The van der Waals surface area contributed by atoms with Gasteiger partial charge in [-0.1, -0.05) is 19.9 Å². The Bertz CT molecular complexity index is 594. The number of aliphatic hydroxyl groups is 1. The van der Waals surface area contributed by atoms with Crippen LogP contribution in [0.4, 0.5) is 0 Å². The lowest BCUT2D eigenvalue weighted by atomic mass is 9.45. The van der Waals surface area contributed by atoms with Gasteiger partial charge in [0.2, 0.25) is 0 Å². The van der Waals surface area contributed by atoms with Crippen LogP contribution in [0.15, 0.2) is 12.2 Å². The third-order valence-corrected chi connectivity index (χ3v) is 9.03. The minimum atomic E-state index is -0.497. The highest BCUT2D eigenvalue weighted by molar-refractivity contribution is 5.66. The normalized spacial score (nSPS) is 54.4. The summed E-state index contributed by atoms with van der Waals surface area (Å²) in [5, 5.41) is 11.0. The molecule has 0 aromatic rings. The summed E-state index contributed by atoms with van der Waals surface area (Å²) < 4.78 is 5.48. The molecule has 0 aromatic carbocycles. The summed E-state index contributed by atoms with van der Waals surface area (Å²) in [7, 11) is 0. The number of carbonyl (C=O) groups excluding carboxylic acids is 1. The van der Waals surface area contributed by atoms with E-state index in [0.29, 0.717) is 17.8 Å². The number of rotatable bonds is 1. The zero-order chi connectivity index (χ0) is 18.0. The van der Waals surface area contributed by atoms with Crippen molar-refractivity contribution >= 4 is 5.97 Å². The highest BCUT2D eigenvalue weighted by Gasteiger charge is 2.62. The van der Waals surface area contributed by atoms with Gasteiger partial charge in [-0.05, 0) is 92.4 Å². The monoisotopic (exact) mass is 346 g/mol. The lowest BCUT2D eigenvalue weighted by Crippen LogP contribution is -2.55. The summed E-state index contributed by atoms with van der Waals surface area (Å²) in [6.07, 6.45) is 12.5. The summed E-state index contributed by atoms with van der Waals surface area (Å²) in [4.78, 5) is 11.3. The molecule has 4 rings (SSSR count). The van der Waals surface area contributed by atoms with E-state index < -0.39 is 5.60 Å². The Kier molecular flexibility index (Phi) is 3.92. The molecule has 0 aliphatic heterocycles. The molecule has 0 radical (unpaired) electrons. The highest BCUT2D eigenvalue weighted by atomic mass is 16.5. The number of hydrogen-bond donors (Lipinski definition) is 1. The van der Waals surface area contributed by atoms with Crippen LogP contribution in [0.1, 0.15) is 72.6 Å². The first kappa shape index (κ1) is 17.6. The largest absolute Gasteiger partial charge is 0.458 e. The van der Waals surface area contributed by atoms with Crippen LogP contribution in [-0.2, 0) is 9.53 Å². The molecule has 140 valence electrons. The molecule has 3 saturated carbocycles. The van der Waals surface area contributed by atoms with Gasteiger partial charge in [0.05, 0.1) is 5.60 Å². The van der Waals surface area contributed by atoms with E-state index in [0.717, 1.165) is 25.2 Å². The molecule has 0 aromatic heterocycles. The van der Waals surface area contributed by atoms with Crippen LogP contribution in [-0.4, -0.2) is 22.8 Å². The van der Waals surface area contributed by atoms with E-state index in [4.69, 9.17) is 4.74 Å². The van der Waals surface area contributed by atoms with Crippen molar-refractivity contribution in [1.29, 1.82) is 0 Å². The molecule has 4 aliphatic carbocycles. The Morgan fingerprint density at radius 2 is 1.80 bits per heavy atom. The van der Waals surface area contributed by atoms with E-state index in [1.807, 2.05) is 0 Å². The van der Waals surface area contributed by atoms with Crippen molar-refractivity contribution < 1.29 is 14.6 Å². The zero-order valence-corrected chi connectivity index (χ0v) is 16.3. The van der Waals surface area contributed by atoms with Crippen molar-refractivity contribution in [1.82, 2.24) is 0 Å². The number of allylic oxidation sites excluding steroid dienone is 1. The predicted octanol–water partition coefficient (Wildman–Crippen LogP) is 4.49. The van der Waals surface area contributed by atoms with Gasteiger partial charge in [0.1, 0.15) is 6.10 Å². The summed E-state index contributed by atoms with van der Waals surface area (Å²) in [5.74, 6) is 2.57. The van der Waals surface area contributed by atoms with Crippen LogP contribution >= 0.6 is 0 Å². The van der Waals surface area contributed by atoms with E-state index in [1.54, 1.807) is 0 Å². The van der Waals surface area contributed by atoms with Crippen LogP contribution in [0, 0.1) is 34.5 Å². The summed E-state index contributed by atoms with van der Waals surface area (Å²) in [6, 6.07) is 0. The molecule has 0 spiro atoms. The second kappa shape index (κ2) is 5.58. The fourth-order valence-corrected chi connectivity index (χ4v) is 7.32. The lowest BCUT2D eigenvalue weighted by molar-refractivity contribution is -0.149. The topological polar surface area (TPSA) is 46.5 Å². The maximum absolute atomic E-state index is 11.3. The standard InChI is InChI=1S/C22H34O3/c1-14(23)25-16-7-10-20(2)15(13-16)5-6-17-18(20)8-11-21(3)19(17)9-12-22(21,4)24/h7,10,15-19,24H,5-6,8-9,11-13H2,1-4H3/t15-,16-,17-,18+,19+,20+,21+,22+/m1/s1. The van der Waals surface area contributed by atoms with Gasteiger partial charge in [-0.2, -0.15) is 0 Å². The van der Waals surface area contributed by atoms with Gasteiger partial charge < -0.3 is 9.84 Å². The zero-order valence-electron chi connectivity index (χ0n) is 16.3. The molecule has 1 N–H and O–H groups in total. The smallest absolute Gasteiger partial charge is 0.303 e. The van der Waals surface area contributed by atoms with Crippen molar-refractivity contribution in [2.75, 3.05) is 0 Å². The molecule has 8 atom stereocenters. The van der Waals surface area contributed by atoms with E-state index in [9.17, 15) is 9.90 Å². The molecule has 0 saturated heterocycles. The number of carbonyl (C=O) groups is 1. The maximum atomic E-state index is 11.3. The molecule has 0 amide bonds. The van der Waals surface area contributed by atoms with E-state index in [-0.39, 0.29) is 22.9 Å². The third kappa shape index (κ3) is 2.44. The van der Waals surface area contributed by atoms with Gasteiger partial charge in [0.25, 0.3) is 0 Å². The minimum Gasteiger partial charge on any atom is -0.458 e. The van der Waals surface area contributed by atoms with Gasteiger partial charge in [-0.3, -0.25) is 4.79 Å². The molecule has 4 aliphatic rings. The Labute approximate surface area is 152 Å². The fourth-order valence-electron chi connectivity index (χ4n) is 7.32. The number of fused-ring (bicyclic) bond motifs is 5. The fraction of sp³-hybridized carbons (Fsp3) is 0.864. The maximum Gasteiger partial charge on any atom is 0.303 e. The molecule has 3 heteroatoms. The second-order valence-electron chi connectivity index (χ2n) is 10.0. The van der Waals surface area contributed by atoms with Crippen molar-refractivity contribution in [3.05, 3.63) is 12.2 Å². The number of esters is 1. The van der Waals surface area contributed by atoms with E-state index >= 15 is 0 Å². The van der Waals surface area contributed by atoms with Crippen molar-refractivity contribution in [2.45, 2.75) is 84.3 Å². The average molecular weight is 347 g/mol. The molecule has 0 unspecified atom stereocenters. The summed E-state index contributed by atoms with van der Waals surface area (Å²) in [5.41, 5.74) is -0.172. The SMILES string of the molecule is CC(=O)O[C@@H]1C=C[C@@]2(C)[C@H](CC[C@@H]3[C@@H]2CC[C@@]2(C)[C@H]3CC[C@]2(C)O)C1. The van der Waals surface area contributed by atoms with Gasteiger partial charge in [0, 0.05) is 6.92 Å². The minimum absolute atomic E-state index is 0.0341. The number of ether oxygens (including phenoxy) is 1. The predicted molar refractivity (Wildman–Crippen MR) is 97.8 cm³/mol. The first-order valence-corrected chi connectivity index (χ1v) is 10.3. The molecular formula is C22H34O3. The van der Waals surface area contributed by atoms with Gasteiger partial charge in [0.15, 0.2) is 0 Å². The van der Waals surface area contributed by atoms with E-state index in [2.05, 4.69) is 32.9 Å². The summed E-state index contributed by atoms with van der Waals surface area (Å²) >= 11 is 0. The van der Waals surface area contributed by atoms with Crippen LogP contribution in [0.3, 0.4) is 0 Å². The first-order valence-electron chi connectivity index (χ1n) is 10.3. The quantitative estimate of drug-likeness (QED) is 0.562. The summed E-state index contributed by atoms with van der Waals surface area (Å²) in [6.45, 7) is 8.38. The molecule has 3 fully saturated rings. The van der Waals surface area contributed by atoms with Crippen LogP contribution in [0.5, 0.6) is 0 Å². The first-order chi connectivity index (χ1) is 11.7. The van der Waals surface area contributed by atoms with Crippen molar-refractivity contribution in [3.63, 3.8) is 0 Å². The van der Waals surface area contributed by atoms with Gasteiger partial charge in [-0.25, -0.2) is 0 Å². The van der Waals surface area contributed by atoms with Crippen molar-refractivity contribution in [2.24, 2.45) is 34.5 Å². The highest BCUT2D eigenvalue weighted by Crippen LogP contribution is 2.67. The second-order valence-corrected chi connectivity index (χ2v) is 10.0. The third-order valence-electron chi connectivity index (χ3n) is 9.03. The van der Waals surface area contributed by atoms with E-state index in [1.165, 1.54) is 32.6 Å². The Hall–Kier alpha value is -0.830. The molecule has 0 heterocycles. The van der Waals surface area contributed by atoms with Gasteiger partial charge >= 0.3 is 5.97 Å². The Morgan fingerprint density at radius 1 is 1.08 bits per heavy atom. The average Bonchev–Trinajstić information content (AvgIpc) is 2.77. The molecule has 0 bridgehead atoms. The Morgan fingerprint density at radius 3 is 2.52 bits per heavy atom. The Balaban J connectivity index is 1.60. The number of hydrogen-bond acceptors (Lipinski definition) is 3. The molecule has 3 nitrogen and oxygen atoms in total. The van der Waals surface area contributed by atoms with Gasteiger partial charge in [-0.15, -0.1) is 0 Å². The van der Waals surface area contributed by atoms with Crippen LogP contribution < -0.4 is 0 Å². The lowest BCUT2D eigenvalue weighted by Gasteiger charge is -2.60. The molecular weight excluding hydrogens is 312 g/mol. The van der Waals surface area contributed by atoms with Crippen LogP contribution in [0.2, 0.25) is 0 Å².